The van der Waals surface area contributed by atoms with Crippen LogP contribution in [-0.4, -0.2) is 51.4 Å². The number of nitrogens with one attached hydrogen (secondary N) is 2. The first kappa shape index (κ1) is 21.5. The molecule has 1 aromatic heterocycles. The van der Waals surface area contributed by atoms with Gasteiger partial charge in [-0.2, -0.15) is 4.31 Å². The molecule has 0 aliphatic carbocycles. The number of carbonyl (C=O) groups is 1. The maximum atomic E-state index is 12.9. The van der Waals surface area contributed by atoms with Crippen LogP contribution in [0.1, 0.15) is 37.5 Å². The van der Waals surface area contributed by atoms with Gasteiger partial charge in [-0.25, -0.2) is 8.42 Å². The lowest BCUT2D eigenvalue weighted by atomic mass is 9.99. The van der Waals surface area contributed by atoms with Crippen molar-refractivity contribution in [1.29, 1.82) is 0 Å². The van der Waals surface area contributed by atoms with Gasteiger partial charge in [-0.1, -0.05) is 26.0 Å². The molecule has 1 atom stereocenters. The van der Waals surface area contributed by atoms with E-state index in [0.29, 0.717) is 55.8 Å². The number of hydrogen-bond acceptors (Lipinski definition) is 4. The second kappa shape index (κ2) is 9.56. The Labute approximate surface area is 172 Å². The molecule has 3 rings (SSSR count). The quantitative estimate of drug-likeness (QED) is 0.667. The van der Waals surface area contributed by atoms with Gasteiger partial charge in [0.15, 0.2) is 6.54 Å². The van der Waals surface area contributed by atoms with E-state index in [1.807, 2.05) is 18.2 Å². The molecule has 0 unspecified atom stereocenters. The van der Waals surface area contributed by atoms with Gasteiger partial charge < -0.3 is 14.6 Å². The fourth-order valence-corrected chi connectivity index (χ4v) is 4.90. The normalized spacial score (nSPS) is 17.2. The van der Waals surface area contributed by atoms with Crippen molar-refractivity contribution in [3.63, 3.8) is 0 Å². The molecule has 2 heterocycles. The van der Waals surface area contributed by atoms with Gasteiger partial charge in [0, 0.05) is 0 Å². The van der Waals surface area contributed by atoms with Gasteiger partial charge in [0.25, 0.3) is 5.91 Å². The van der Waals surface area contributed by atoms with E-state index in [1.165, 1.54) is 4.31 Å². The number of amides is 1. The van der Waals surface area contributed by atoms with Gasteiger partial charge >= 0.3 is 0 Å². The predicted octanol–water partition coefficient (Wildman–Crippen LogP) is 0.999. The molecule has 0 saturated carbocycles. The summed E-state index contributed by atoms with van der Waals surface area (Å²) in [4.78, 5) is 13.5. The second-order valence-electron chi connectivity index (χ2n) is 7.57. The van der Waals surface area contributed by atoms with E-state index in [-0.39, 0.29) is 5.91 Å². The zero-order valence-electron chi connectivity index (χ0n) is 17.1. The zero-order valence-corrected chi connectivity index (χ0v) is 17.9. The average Bonchev–Trinajstić information content (AvgIpc) is 3.26. The van der Waals surface area contributed by atoms with Crippen LogP contribution in [0, 0.1) is 0 Å². The van der Waals surface area contributed by atoms with Crippen LogP contribution >= 0.6 is 0 Å². The minimum absolute atomic E-state index is 0.0617. The molecule has 8 heteroatoms. The molecule has 0 spiro atoms. The molecule has 1 fully saturated rings. The van der Waals surface area contributed by atoms with E-state index in [2.05, 4.69) is 19.2 Å². The van der Waals surface area contributed by atoms with Crippen LogP contribution in [0.3, 0.4) is 0 Å². The van der Waals surface area contributed by atoms with Crippen molar-refractivity contribution in [3.05, 3.63) is 54.0 Å². The highest BCUT2D eigenvalue weighted by Gasteiger charge is 2.31. The molecule has 0 radical (unpaired) electrons. The highest BCUT2D eigenvalue weighted by atomic mass is 32.2. The van der Waals surface area contributed by atoms with Gasteiger partial charge in [-0.3, -0.25) is 4.79 Å². The zero-order chi connectivity index (χ0) is 20.9. The lowest BCUT2D eigenvalue weighted by Crippen LogP contribution is -3.15. The highest BCUT2D eigenvalue weighted by Crippen LogP contribution is 2.22. The van der Waals surface area contributed by atoms with Gasteiger partial charge in [-0.05, 0) is 42.2 Å². The number of benzene rings is 1. The standard InChI is InChI=1S/C21H29N3O4S/c1-3-17(2)18-6-8-20(9-7-18)29(26,27)24-12-10-23(11-13-24)16-21(25)22-15-19-5-4-14-28-19/h4-9,14,17H,3,10-13,15-16H2,1-2H3,(H,22,25)/p+1/t17-/m0/s1. The molecule has 7 nitrogen and oxygen atoms in total. The Morgan fingerprint density at radius 3 is 2.48 bits per heavy atom. The average molecular weight is 421 g/mol. The molecule has 0 bridgehead atoms. The molecule has 1 saturated heterocycles. The van der Waals surface area contributed by atoms with E-state index in [1.54, 1.807) is 24.5 Å². The largest absolute Gasteiger partial charge is 0.467 e. The van der Waals surface area contributed by atoms with Crippen LogP contribution in [0.15, 0.2) is 52.0 Å². The first-order valence-electron chi connectivity index (χ1n) is 10.1. The van der Waals surface area contributed by atoms with Crippen molar-refractivity contribution in [1.82, 2.24) is 9.62 Å². The fraction of sp³-hybridized carbons (Fsp3) is 0.476. The van der Waals surface area contributed by atoms with Crippen molar-refractivity contribution >= 4 is 15.9 Å². The number of nitrogens with zero attached hydrogens (tertiary/aromatic N) is 1. The van der Waals surface area contributed by atoms with E-state index in [4.69, 9.17) is 4.42 Å². The summed E-state index contributed by atoms with van der Waals surface area (Å²) >= 11 is 0. The maximum absolute atomic E-state index is 12.9. The Morgan fingerprint density at radius 1 is 1.21 bits per heavy atom. The van der Waals surface area contributed by atoms with Gasteiger partial charge in [0.05, 0.1) is 43.9 Å². The summed E-state index contributed by atoms with van der Waals surface area (Å²) in [6, 6.07) is 10.8. The van der Waals surface area contributed by atoms with Crippen molar-refractivity contribution < 1.29 is 22.5 Å². The van der Waals surface area contributed by atoms with Gasteiger partial charge in [0.2, 0.25) is 10.0 Å². The topological polar surface area (TPSA) is 84.1 Å². The van der Waals surface area contributed by atoms with Crippen molar-refractivity contribution in [2.24, 2.45) is 0 Å². The monoisotopic (exact) mass is 420 g/mol. The predicted molar refractivity (Wildman–Crippen MR) is 110 cm³/mol. The minimum atomic E-state index is -3.50. The number of sulfonamides is 1. The number of rotatable bonds is 8. The van der Waals surface area contributed by atoms with Crippen molar-refractivity contribution in [2.75, 3.05) is 32.7 Å². The van der Waals surface area contributed by atoms with Crippen LogP contribution in [0.25, 0.3) is 0 Å². The fourth-order valence-electron chi connectivity index (χ4n) is 3.46. The second-order valence-corrected chi connectivity index (χ2v) is 9.50. The highest BCUT2D eigenvalue weighted by molar-refractivity contribution is 7.89. The van der Waals surface area contributed by atoms with Crippen LogP contribution in [0.5, 0.6) is 0 Å². The molecular formula is C21H30N3O4S+. The molecule has 1 aliphatic heterocycles. The minimum Gasteiger partial charge on any atom is -0.467 e. The molecule has 158 valence electrons. The first-order chi connectivity index (χ1) is 13.9. The van der Waals surface area contributed by atoms with E-state index in [0.717, 1.165) is 16.9 Å². The lowest BCUT2D eigenvalue weighted by Gasteiger charge is -2.31. The Balaban J connectivity index is 1.50. The maximum Gasteiger partial charge on any atom is 0.275 e. The summed E-state index contributed by atoms with van der Waals surface area (Å²) in [6.07, 6.45) is 2.59. The van der Waals surface area contributed by atoms with Crippen molar-refractivity contribution in [2.45, 2.75) is 37.6 Å². The summed E-state index contributed by atoms with van der Waals surface area (Å²) in [5.74, 6) is 1.06. The first-order valence-corrected chi connectivity index (χ1v) is 11.6. The molecular weight excluding hydrogens is 390 g/mol. The third kappa shape index (κ3) is 5.46. The number of carbonyl (C=O) groups excluding carboxylic acids is 1. The molecule has 29 heavy (non-hydrogen) atoms. The number of hydrogen-bond donors (Lipinski definition) is 2. The van der Waals surface area contributed by atoms with Crippen LogP contribution in [-0.2, 0) is 21.4 Å². The Bertz CT molecular complexity index is 887. The Hall–Kier alpha value is -2.16. The third-order valence-corrected chi connectivity index (χ3v) is 7.49. The summed E-state index contributed by atoms with van der Waals surface area (Å²) in [7, 11) is -3.50. The van der Waals surface area contributed by atoms with Gasteiger partial charge in [-0.15, -0.1) is 0 Å². The number of piperazine rings is 1. The summed E-state index contributed by atoms with van der Waals surface area (Å²) in [6.45, 7) is 7.00. The van der Waals surface area contributed by atoms with Gasteiger partial charge in [0.1, 0.15) is 5.76 Å². The van der Waals surface area contributed by atoms with Crippen LogP contribution in [0.2, 0.25) is 0 Å². The summed E-state index contributed by atoms with van der Waals surface area (Å²) in [5.41, 5.74) is 1.15. The Kier molecular flexibility index (Phi) is 7.10. The third-order valence-electron chi connectivity index (χ3n) is 5.58. The molecule has 2 N–H and O–H groups in total. The number of quaternary nitrogens is 1. The summed E-state index contributed by atoms with van der Waals surface area (Å²) < 4.78 is 32.6. The molecule has 1 aromatic carbocycles. The van der Waals surface area contributed by atoms with E-state index < -0.39 is 10.0 Å². The van der Waals surface area contributed by atoms with E-state index in [9.17, 15) is 13.2 Å². The van der Waals surface area contributed by atoms with Crippen molar-refractivity contribution in [3.8, 4) is 0 Å². The SMILES string of the molecule is CC[C@H](C)c1ccc(S(=O)(=O)N2CC[NH+](CC(=O)NCc3ccco3)CC2)cc1. The van der Waals surface area contributed by atoms with Crippen LogP contribution < -0.4 is 10.2 Å². The Morgan fingerprint density at radius 2 is 1.90 bits per heavy atom. The lowest BCUT2D eigenvalue weighted by molar-refractivity contribution is -0.895. The molecule has 2 aromatic rings. The number of furan rings is 1. The summed E-state index contributed by atoms with van der Waals surface area (Å²) in [5, 5.41) is 2.83. The van der Waals surface area contributed by atoms with E-state index >= 15 is 0 Å². The molecule has 1 aliphatic rings. The van der Waals surface area contributed by atoms with Crippen LogP contribution in [0.4, 0.5) is 0 Å². The smallest absolute Gasteiger partial charge is 0.275 e. The molecule has 1 amide bonds.